The molecule has 0 radical (unpaired) electrons. The SMILES string of the molecule is Cc1ccccc1NC(=S)NNC(=O)c1ccc(-n2c(-c3ccccc3)nc3ccccc3c2=O)cc1. The Balaban J connectivity index is 1.39. The van der Waals surface area contributed by atoms with Crippen molar-refractivity contribution in [2.45, 2.75) is 6.92 Å². The number of nitrogens with one attached hydrogen (secondary N) is 3. The highest BCUT2D eigenvalue weighted by Crippen LogP contribution is 2.22. The number of carbonyl (C=O) groups excluding carboxylic acids is 1. The Labute approximate surface area is 218 Å². The normalized spacial score (nSPS) is 10.6. The summed E-state index contributed by atoms with van der Waals surface area (Å²) >= 11 is 5.28. The van der Waals surface area contributed by atoms with Crippen LogP contribution >= 0.6 is 12.2 Å². The molecule has 3 N–H and O–H groups in total. The molecule has 0 saturated carbocycles. The van der Waals surface area contributed by atoms with Crippen LogP contribution in [0.1, 0.15) is 15.9 Å². The first-order valence-corrected chi connectivity index (χ1v) is 12.0. The summed E-state index contributed by atoms with van der Waals surface area (Å²) < 4.78 is 1.57. The molecular formula is C29H23N5O2S. The molecule has 1 heterocycles. The molecule has 1 amide bonds. The van der Waals surface area contributed by atoms with Gasteiger partial charge in [0.05, 0.1) is 16.6 Å². The fourth-order valence-corrected chi connectivity index (χ4v) is 4.13. The molecule has 0 saturated heterocycles. The number of hydrogen-bond donors (Lipinski definition) is 3. The summed E-state index contributed by atoms with van der Waals surface area (Å²) in [5.41, 5.74) is 9.45. The lowest BCUT2D eigenvalue weighted by atomic mass is 10.1. The molecule has 0 aliphatic heterocycles. The first-order chi connectivity index (χ1) is 18.0. The standard InChI is InChI=1S/C29H23N5O2S/c1-19-9-5-7-13-24(19)31-29(37)33-32-27(35)21-15-17-22(18-16-21)34-26(20-10-3-2-4-11-20)30-25-14-8-6-12-23(25)28(34)36/h2-18H,1H3,(H,32,35)(H2,31,33,37). The van der Waals surface area contributed by atoms with Crippen LogP contribution in [0.5, 0.6) is 0 Å². The van der Waals surface area contributed by atoms with Gasteiger partial charge in [-0.1, -0.05) is 60.7 Å². The van der Waals surface area contributed by atoms with Crippen LogP contribution in [0.25, 0.3) is 28.0 Å². The predicted octanol–water partition coefficient (Wildman–Crippen LogP) is 4.99. The summed E-state index contributed by atoms with van der Waals surface area (Å²) in [4.78, 5) is 31.0. The van der Waals surface area contributed by atoms with E-state index in [4.69, 9.17) is 17.2 Å². The Morgan fingerprint density at radius 1 is 0.811 bits per heavy atom. The largest absolute Gasteiger partial charge is 0.331 e. The molecule has 0 spiro atoms. The van der Waals surface area contributed by atoms with Crippen LogP contribution in [0.4, 0.5) is 5.69 Å². The molecule has 0 bridgehead atoms. The number of rotatable bonds is 4. The van der Waals surface area contributed by atoms with Crippen LogP contribution < -0.4 is 21.7 Å². The lowest BCUT2D eigenvalue weighted by molar-refractivity contribution is 0.0944. The lowest BCUT2D eigenvalue weighted by Crippen LogP contribution is -2.43. The van der Waals surface area contributed by atoms with Gasteiger partial charge in [0.1, 0.15) is 5.82 Å². The molecule has 37 heavy (non-hydrogen) atoms. The van der Waals surface area contributed by atoms with Gasteiger partial charge in [-0.3, -0.25) is 25.0 Å². The van der Waals surface area contributed by atoms with Gasteiger partial charge in [0.2, 0.25) is 0 Å². The molecule has 0 aliphatic rings. The van der Waals surface area contributed by atoms with E-state index in [1.807, 2.05) is 79.7 Å². The monoisotopic (exact) mass is 505 g/mol. The van der Waals surface area contributed by atoms with E-state index in [-0.39, 0.29) is 16.6 Å². The minimum absolute atomic E-state index is 0.184. The van der Waals surface area contributed by atoms with Gasteiger partial charge in [-0.25, -0.2) is 4.98 Å². The Morgan fingerprint density at radius 3 is 2.24 bits per heavy atom. The smallest absolute Gasteiger partial charge is 0.269 e. The molecule has 0 atom stereocenters. The number of para-hydroxylation sites is 2. The summed E-state index contributed by atoms with van der Waals surface area (Å²) in [6.07, 6.45) is 0. The first-order valence-electron chi connectivity index (χ1n) is 11.6. The second-order valence-corrected chi connectivity index (χ2v) is 8.76. The summed E-state index contributed by atoms with van der Waals surface area (Å²) in [5.74, 6) is 0.156. The number of aromatic nitrogens is 2. The van der Waals surface area contributed by atoms with Crippen molar-refractivity contribution >= 4 is 39.8 Å². The third kappa shape index (κ3) is 5.10. The van der Waals surface area contributed by atoms with E-state index in [1.54, 1.807) is 34.9 Å². The lowest BCUT2D eigenvalue weighted by Gasteiger charge is -2.15. The molecule has 0 aliphatic carbocycles. The molecule has 8 heteroatoms. The molecule has 4 aromatic carbocycles. The third-order valence-electron chi connectivity index (χ3n) is 5.88. The number of hydrogen-bond acceptors (Lipinski definition) is 4. The summed E-state index contributed by atoms with van der Waals surface area (Å²) in [5, 5.41) is 3.83. The Morgan fingerprint density at radius 2 is 1.49 bits per heavy atom. The fraction of sp³-hybridized carbons (Fsp3) is 0.0345. The maximum atomic E-state index is 13.5. The van der Waals surface area contributed by atoms with Crippen molar-refractivity contribution in [3.05, 3.63) is 125 Å². The van der Waals surface area contributed by atoms with Crippen molar-refractivity contribution in [1.29, 1.82) is 0 Å². The van der Waals surface area contributed by atoms with Gasteiger partial charge in [-0.05, 0) is 67.2 Å². The van der Waals surface area contributed by atoms with Gasteiger partial charge >= 0.3 is 0 Å². The van der Waals surface area contributed by atoms with Gasteiger partial charge in [0.25, 0.3) is 11.5 Å². The van der Waals surface area contributed by atoms with Crippen LogP contribution in [0.15, 0.2) is 108 Å². The Hall–Kier alpha value is -4.82. The second kappa shape index (κ2) is 10.4. The van der Waals surface area contributed by atoms with Crippen LogP contribution in [-0.2, 0) is 0 Å². The van der Waals surface area contributed by atoms with E-state index in [2.05, 4.69) is 16.2 Å². The highest BCUT2D eigenvalue weighted by atomic mass is 32.1. The summed E-state index contributed by atoms with van der Waals surface area (Å²) in [7, 11) is 0. The van der Waals surface area contributed by atoms with Crippen molar-refractivity contribution in [3.8, 4) is 17.1 Å². The molecule has 5 aromatic rings. The van der Waals surface area contributed by atoms with E-state index >= 15 is 0 Å². The first kappa shape index (κ1) is 23.9. The fourth-order valence-electron chi connectivity index (χ4n) is 3.97. The zero-order valence-corrected chi connectivity index (χ0v) is 20.8. The number of carbonyl (C=O) groups is 1. The van der Waals surface area contributed by atoms with Crippen LogP contribution in [-0.4, -0.2) is 20.6 Å². The van der Waals surface area contributed by atoms with Crippen molar-refractivity contribution in [2.24, 2.45) is 0 Å². The number of anilines is 1. The number of hydrazine groups is 1. The predicted molar refractivity (Wildman–Crippen MR) is 151 cm³/mol. The second-order valence-electron chi connectivity index (χ2n) is 8.35. The quantitative estimate of drug-likeness (QED) is 0.236. The maximum Gasteiger partial charge on any atom is 0.269 e. The van der Waals surface area contributed by atoms with Crippen molar-refractivity contribution in [2.75, 3.05) is 5.32 Å². The van der Waals surface area contributed by atoms with Gasteiger partial charge in [-0.15, -0.1) is 0 Å². The van der Waals surface area contributed by atoms with E-state index < -0.39 is 0 Å². The van der Waals surface area contributed by atoms with Crippen molar-refractivity contribution < 1.29 is 4.79 Å². The van der Waals surface area contributed by atoms with Crippen molar-refractivity contribution in [1.82, 2.24) is 20.4 Å². The molecule has 0 unspecified atom stereocenters. The Kier molecular flexibility index (Phi) is 6.74. The molecule has 1 aromatic heterocycles. The van der Waals surface area contributed by atoms with Gasteiger partial charge in [0, 0.05) is 16.8 Å². The van der Waals surface area contributed by atoms with Crippen LogP contribution in [0.3, 0.4) is 0 Å². The van der Waals surface area contributed by atoms with Crippen molar-refractivity contribution in [3.63, 3.8) is 0 Å². The third-order valence-corrected chi connectivity index (χ3v) is 6.08. The Bertz CT molecular complexity index is 1660. The van der Waals surface area contributed by atoms with Gasteiger partial charge in [0.15, 0.2) is 5.11 Å². The zero-order valence-electron chi connectivity index (χ0n) is 19.9. The number of thiocarbonyl (C=S) groups is 1. The highest BCUT2D eigenvalue weighted by Gasteiger charge is 2.15. The van der Waals surface area contributed by atoms with Gasteiger partial charge < -0.3 is 5.32 Å². The maximum absolute atomic E-state index is 13.5. The molecular weight excluding hydrogens is 482 g/mol. The molecule has 182 valence electrons. The van der Waals surface area contributed by atoms with Gasteiger partial charge in [-0.2, -0.15) is 0 Å². The van der Waals surface area contributed by atoms with E-state index in [1.165, 1.54) is 0 Å². The minimum atomic E-state index is -0.368. The molecule has 5 rings (SSSR count). The topological polar surface area (TPSA) is 88.0 Å². The number of fused-ring (bicyclic) bond motifs is 1. The number of amides is 1. The molecule has 0 fully saturated rings. The average molecular weight is 506 g/mol. The highest BCUT2D eigenvalue weighted by molar-refractivity contribution is 7.80. The van der Waals surface area contributed by atoms with Crippen LogP contribution in [0, 0.1) is 6.92 Å². The number of benzene rings is 4. The van der Waals surface area contributed by atoms with E-state index in [0.29, 0.717) is 28.0 Å². The number of aryl methyl sites for hydroxylation is 1. The average Bonchev–Trinajstić information content (AvgIpc) is 2.93. The van der Waals surface area contributed by atoms with Crippen LogP contribution in [0.2, 0.25) is 0 Å². The number of nitrogens with zero attached hydrogens (tertiary/aromatic N) is 2. The summed E-state index contributed by atoms with van der Waals surface area (Å²) in [6.45, 7) is 1.96. The zero-order chi connectivity index (χ0) is 25.8. The van der Waals surface area contributed by atoms with E-state index in [9.17, 15) is 9.59 Å². The van der Waals surface area contributed by atoms with E-state index in [0.717, 1.165) is 16.8 Å². The minimum Gasteiger partial charge on any atom is -0.331 e. The molecule has 7 nitrogen and oxygen atoms in total. The summed E-state index contributed by atoms with van der Waals surface area (Å²) in [6, 6.07) is 31.3.